The molecule has 0 unspecified atom stereocenters. The number of benzene rings is 2. The highest BCUT2D eigenvalue weighted by Gasteiger charge is 2.11. The monoisotopic (exact) mass is 429 g/mol. The number of unbranched alkanes of at least 4 members (excludes halogenated alkanes) is 1. The quantitative estimate of drug-likeness (QED) is 0.379. The fourth-order valence-corrected chi connectivity index (χ4v) is 3.70. The second kappa shape index (κ2) is 10.3. The van der Waals surface area contributed by atoms with Crippen LogP contribution in [0.25, 0.3) is 22.5 Å². The van der Waals surface area contributed by atoms with Gasteiger partial charge in [0.25, 0.3) is 0 Å². The number of aryl methyl sites for hydroxylation is 2. The lowest BCUT2D eigenvalue weighted by atomic mass is 10.0. The molecular formula is C25H31N7. The van der Waals surface area contributed by atoms with Gasteiger partial charge in [0.15, 0.2) is 11.6 Å². The highest BCUT2D eigenvalue weighted by molar-refractivity contribution is 5.70. The van der Waals surface area contributed by atoms with Gasteiger partial charge in [-0.1, -0.05) is 69.7 Å². The van der Waals surface area contributed by atoms with E-state index in [9.17, 15) is 0 Å². The zero-order valence-electron chi connectivity index (χ0n) is 19.1. The molecule has 32 heavy (non-hydrogen) atoms. The van der Waals surface area contributed by atoms with Gasteiger partial charge in [-0.05, 0) is 51.9 Å². The van der Waals surface area contributed by atoms with Crippen LogP contribution in [0.5, 0.6) is 0 Å². The first-order valence-corrected chi connectivity index (χ1v) is 11.5. The highest BCUT2D eigenvalue weighted by Crippen LogP contribution is 2.24. The Morgan fingerprint density at radius 2 is 1.78 bits per heavy atom. The Hall–Kier alpha value is -3.35. The maximum absolute atomic E-state index is 4.85. The molecule has 7 heteroatoms. The van der Waals surface area contributed by atoms with Crippen LogP contribution in [0.2, 0.25) is 0 Å². The van der Waals surface area contributed by atoms with Gasteiger partial charge in [-0.2, -0.15) is 5.10 Å². The fourth-order valence-electron chi connectivity index (χ4n) is 3.70. The largest absolute Gasteiger partial charge is 0.245 e. The summed E-state index contributed by atoms with van der Waals surface area (Å²) in [6, 6.07) is 16.9. The molecule has 4 rings (SSSR count). The molecule has 2 heterocycles. The second-order valence-corrected chi connectivity index (χ2v) is 8.67. The van der Waals surface area contributed by atoms with Crippen LogP contribution in [0, 0.1) is 5.92 Å². The average molecular weight is 430 g/mol. The van der Waals surface area contributed by atoms with Gasteiger partial charge in [0.05, 0.1) is 6.54 Å². The van der Waals surface area contributed by atoms with Gasteiger partial charge in [-0.25, -0.2) is 14.8 Å². The van der Waals surface area contributed by atoms with E-state index in [1.54, 1.807) is 0 Å². The van der Waals surface area contributed by atoms with E-state index in [1.165, 1.54) is 5.56 Å². The molecule has 2 aromatic carbocycles. The zero-order valence-corrected chi connectivity index (χ0v) is 19.1. The van der Waals surface area contributed by atoms with Gasteiger partial charge in [0.2, 0.25) is 0 Å². The predicted molar refractivity (Wildman–Crippen MR) is 126 cm³/mol. The Bertz CT molecular complexity index is 1110. The topological polar surface area (TPSA) is 85.2 Å². The smallest absolute Gasteiger partial charge is 0.179 e. The van der Waals surface area contributed by atoms with Crippen molar-refractivity contribution in [3.8, 4) is 22.5 Å². The number of nitrogens with one attached hydrogen (secondary N) is 1. The normalized spacial score (nSPS) is 11.4. The van der Waals surface area contributed by atoms with Crippen molar-refractivity contribution < 1.29 is 0 Å². The first kappa shape index (κ1) is 21.9. The summed E-state index contributed by atoms with van der Waals surface area (Å²) in [4.78, 5) is 4.85. The number of aromatic amines is 1. The summed E-state index contributed by atoms with van der Waals surface area (Å²) in [6.45, 7) is 7.45. The van der Waals surface area contributed by atoms with Crippen molar-refractivity contribution in [2.75, 3.05) is 0 Å². The van der Waals surface area contributed by atoms with Crippen LogP contribution in [-0.2, 0) is 19.4 Å². The van der Waals surface area contributed by atoms with E-state index in [2.05, 4.69) is 82.5 Å². The minimum atomic E-state index is 0.660. The van der Waals surface area contributed by atoms with E-state index in [0.29, 0.717) is 11.7 Å². The van der Waals surface area contributed by atoms with Crippen LogP contribution in [-0.4, -0.2) is 35.4 Å². The molecule has 0 aliphatic rings. The third-order valence-electron chi connectivity index (χ3n) is 5.59. The Labute approximate surface area is 189 Å². The molecule has 0 aliphatic carbocycles. The van der Waals surface area contributed by atoms with Crippen molar-refractivity contribution in [1.29, 1.82) is 0 Å². The maximum atomic E-state index is 4.85. The number of aromatic nitrogens is 7. The standard InChI is InChI=1S/C25H31N7/c1-4-5-9-24-26-23(15-10-18(2)3)29-32(24)17-19-11-13-20(14-12-19)21-7-6-8-22(16-21)25-27-30-31-28-25/h6-8,11-14,16,18H,4-5,9-10,15,17H2,1-3H3,(H,27,28,30,31). The van der Waals surface area contributed by atoms with E-state index < -0.39 is 0 Å². The van der Waals surface area contributed by atoms with E-state index in [4.69, 9.17) is 10.1 Å². The third kappa shape index (κ3) is 5.46. The minimum Gasteiger partial charge on any atom is -0.245 e. The molecule has 0 radical (unpaired) electrons. The van der Waals surface area contributed by atoms with Gasteiger partial charge in [0.1, 0.15) is 5.82 Å². The van der Waals surface area contributed by atoms with Crippen LogP contribution < -0.4 is 0 Å². The Balaban J connectivity index is 1.50. The maximum Gasteiger partial charge on any atom is 0.179 e. The molecular weight excluding hydrogens is 398 g/mol. The summed E-state index contributed by atoms with van der Waals surface area (Å²) in [5.41, 5.74) is 4.48. The first-order valence-electron chi connectivity index (χ1n) is 11.5. The van der Waals surface area contributed by atoms with Gasteiger partial charge < -0.3 is 0 Å². The number of hydrogen-bond donors (Lipinski definition) is 1. The third-order valence-corrected chi connectivity index (χ3v) is 5.59. The number of hydrogen-bond acceptors (Lipinski definition) is 5. The molecule has 4 aromatic rings. The Kier molecular flexibility index (Phi) is 7.04. The van der Waals surface area contributed by atoms with Crippen LogP contribution in [0.4, 0.5) is 0 Å². The lowest BCUT2D eigenvalue weighted by molar-refractivity contribution is 0.567. The van der Waals surface area contributed by atoms with E-state index in [0.717, 1.165) is 67.0 Å². The van der Waals surface area contributed by atoms with Gasteiger partial charge in [-0.15, -0.1) is 5.10 Å². The van der Waals surface area contributed by atoms with Crippen molar-refractivity contribution in [2.24, 2.45) is 5.92 Å². The first-order chi connectivity index (χ1) is 15.6. The second-order valence-electron chi connectivity index (χ2n) is 8.67. The van der Waals surface area contributed by atoms with E-state index in [1.807, 2.05) is 12.1 Å². The predicted octanol–water partition coefficient (Wildman–Crippen LogP) is 5.10. The summed E-state index contributed by atoms with van der Waals surface area (Å²) < 4.78 is 2.10. The summed E-state index contributed by atoms with van der Waals surface area (Å²) in [5.74, 6) is 3.40. The summed E-state index contributed by atoms with van der Waals surface area (Å²) in [6.07, 6.45) is 5.34. The minimum absolute atomic E-state index is 0.660. The lowest BCUT2D eigenvalue weighted by Crippen LogP contribution is -2.07. The van der Waals surface area contributed by atoms with Crippen LogP contribution in [0.3, 0.4) is 0 Å². The van der Waals surface area contributed by atoms with Gasteiger partial charge in [0, 0.05) is 18.4 Å². The van der Waals surface area contributed by atoms with Crippen molar-refractivity contribution in [3.05, 3.63) is 65.7 Å². The van der Waals surface area contributed by atoms with E-state index in [-0.39, 0.29) is 0 Å². The average Bonchev–Trinajstić information content (AvgIpc) is 3.47. The van der Waals surface area contributed by atoms with Crippen LogP contribution >= 0.6 is 0 Å². The number of tetrazole rings is 1. The lowest BCUT2D eigenvalue weighted by Gasteiger charge is -2.08. The zero-order chi connectivity index (χ0) is 22.3. The highest BCUT2D eigenvalue weighted by atomic mass is 15.5. The van der Waals surface area contributed by atoms with Crippen molar-refractivity contribution in [1.82, 2.24) is 35.4 Å². The molecule has 0 saturated heterocycles. The summed E-state index contributed by atoms with van der Waals surface area (Å²) in [5, 5.41) is 19.0. The van der Waals surface area contributed by atoms with Crippen molar-refractivity contribution >= 4 is 0 Å². The van der Waals surface area contributed by atoms with Crippen LogP contribution in [0.15, 0.2) is 48.5 Å². The molecule has 0 saturated carbocycles. The molecule has 0 amide bonds. The molecule has 7 nitrogen and oxygen atoms in total. The number of rotatable bonds is 10. The van der Waals surface area contributed by atoms with Crippen molar-refractivity contribution in [3.63, 3.8) is 0 Å². The van der Waals surface area contributed by atoms with Crippen LogP contribution in [0.1, 0.15) is 57.2 Å². The summed E-state index contributed by atoms with van der Waals surface area (Å²) in [7, 11) is 0. The fraction of sp³-hybridized carbons (Fsp3) is 0.400. The summed E-state index contributed by atoms with van der Waals surface area (Å²) >= 11 is 0. The molecule has 1 N–H and O–H groups in total. The van der Waals surface area contributed by atoms with Crippen molar-refractivity contribution in [2.45, 2.75) is 59.4 Å². The molecule has 0 bridgehead atoms. The molecule has 0 atom stereocenters. The van der Waals surface area contributed by atoms with E-state index >= 15 is 0 Å². The molecule has 166 valence electrons. The Morgan fingerprint density at radius 3 is 2.50 bits per heavy atom. The molecule has 0 spiro atoms. The van der Waals surface area contributed by atoms with Gasteiger partial charge in [-0.3, -0.25) is 0 Å². The molecule has 0 fully saturated rings. The number of nitrogens with zero attached hydrogens (tertiary/aromatic N) is 6. The molecule has 2 aromatic heterocycles. The van der Waals surface area contributed by atoms with Gasteiger partial charge >= 0.3 is 0 Å². The Morgan fingerprint density at radius 1 is 0.969 bits per heavy atom. The molecule has 0 aliphatic heterocycles. The number of H-pyrrole nitrogens is 1. The SMILES string of the molecule is CCCCc1nc(CCC(C)C)nn1Cc1ccc(-c2cccc(-c3nnn[nH]3)c2)cc1.